The highest BCUT2D eigenvalue weighted by Gasteiger charge is 2.63. The van der Waals surface area contributed by atoms with Gasteiger partial charge in [-0.25, -0.2) is 26.7 Å². The quantitative estimate of drug-likeness (QED) is 0.297. The van der Waals surface area contributed by atoms with Gasteiger partial charge in [0, 0.05) is 19.3 Å². The molecule has 2 aromatic rings. The van der Waals surface area contributed by atoms with E-state index in [0.29, 0.717) is 49.8 Å². The fourth-order valence-electron chi connectivity index (χ4n) is 7.85. The van der Waals surface area contributed by atoms with Crippen LogP contribution in [0.3, 0.4) is 0 Å². The topological polar surface area (TPSA) is 195 Å². The second-order valence-electron chi connectivity index (χ2n) is 18.1. The Morgan fingerprint density at radius 1 is 1.05 bits per heavy atom. The number of ether oxygens (including phenoxy) is 2. The fourth-order valence-corrected chi connectivity index (χ4v) is 9.16. The molecule has 3 heterocycles. The number of amides is 4. The van der Waals surface area contributed by atoms with E-state index in [9.17, 15) is 41.2 Å². The Labute approximate surface area is 343 Å². The zero-order chi connectivity index (χ0) is 43.5. The third kappa shape index (κ3) is 8.83. The second kappa shape index (κ2) is 15.8. The van der Waals surface area contributed by atoms with Gasteiger partial charge in [0.2, 0.25) is 27.7 Å². The summed E-state index contributed by atoms with van der Waals surface area (Å²) >= 11 is 0. The number of halogens is 2. The molecule has 1 unspecified atom stereocenters. The average Bonchev–Trinajstić information content (AvgIpc) is 4.02. The van der Waals surface area contributed by atoms with Crippen LogP contribution < -0.4 is 25.7 Å². The van der Waals surface area contributed by atoms with Gasteiger partial charge in [0.15, 0.2) is 5.60 Å². The molecule has 59 heavy (non-hydrogen) atoms. The molecule has 6 rings (SSSR count). The van der Waals surface area contributed by atoms with E-state index in [1.54, 1.807) is 58.0 Å². The van der Waals surface area contributed by atoms with E-state index in [1.807, 2.05) is 13.0 Å². The maximum atomic E-state index is 14.9. The summed E-state index contributed by atoms with van der Waals surface area (Å²) in [4.78, 5) is 71.3. The lowest BCUT2D eigenvalue weighted by Crippen LogP contribution is -2.59. The van der Waals surface area contributed by atoms with Crippen molar-refractivity contribution >= 4 is 44.6 Å². The number of allylic oxidation sites excluding steroid dienone is 1. The van der Waals surface area contributed by atoms with Crippen molar-refractivity contribution < 1.29 is 45.9 Å². The van der Waals surface area contributed by atoms with Crippen LogP contribution in [0.15, 0.2) is 41.2 Å². The van der Waals surface area contributed by atoms with E-state index >= 15 is 0 Å². The van der Waals surface area contributed by atoms with Gasteiger partial charge in [-0.05, 0) is 97.1 Å². The predicted octanol–water partition coefficient (Wildman–Crippen LogP) is 4.74. The van der Waals surface area contributed by atoms with E-state index in [-0.39, 0.29) is 42.8 Å². The lowest BCUT2D eigenvalue weighted by atomic mass is 9.88. The summed E-state index contributed by atoms with van der Waals surface area (Å²) < 4.78 is 69.3. The second-order valence-corrected chi connectivity index (χ2v) is 20.3. The molecule has 15 nitrogen and oxygen atoms in total. The molecule has 2 aliphatic carbocycles. The molecule has 3 fully saturated rings. The normalized spacial score (nSPS) is 29.3. The summed E-state index contributed by atoms with van der Waals surface area (Å²) in [6.45, 7) is 11.4. The van der Waals surface area contributed by atoms with Crippen molar-refractivity contribution in [2.75, 3.05) is 6.54 Å². The van der Waals surface area contributed by atoms with Gasteiger partial charge in [-0.1, -0.05) is 38.1 Å². The molecule has 0 radical (unpaired) electrons. The average molecular weight is 847 g/mol. The van der Waals surface area contributed by atoms with Gasteiger partial charge in [0.1, 0.15) is 23.7 Å². The van der Waals surface area contributed by atoms with Crippen molar-refractivity contribution in [2.45, 2.75) is 146 Å². The number of carbonyl (C=O) groups is 4. The third-order valence-corrected chi connectivity index (χ3v) is 14.6. The van der Waals surface area contributed by atoms with E-state index in [1.165, 1.54) is 9.58 Å². The predicted molar refractivity (Wildman–Crippen MR) is 214 cm³/mol. The third-order valence-electron chi connectivity index (χ3n) is 12.5. The Hall–Kier alpha value is -4.61. The maximum absolute atomic E-state index is 14.9. The minimum Gasteiger partial charge on any atom is -0.471 e. The molecule has 0 spiro atoms. The summed E-state index contributed by atoms with van der Waals surface area (Å²) in [6, 6.07) is 3.73. The van der Waals surface area contributed by atoms with Gasteiger partial charge in [-0.2, -0.15) is 0 Å². The number of sulfonamides is 1. The maximum Gasteiger partial charge on any atom is 0.408 e. The number of fused-ring (bicyclic) bond motifs is 3. The smallest absolute Gasteiger partial charge is 0.408 e. The van der Waals surface area contributed by atoms with Crippen molar-refractivity contribution in [3.63, 3.8) is 0 Å². The Morgan fingerprint density at radius 2 is 1.71 bits per heavy atom. The molecule has 4 amide bonds. The Kier molecular flexibility index (Phi) is 11.8. The molecule has 18 heteroatoms. The molecule has 2 saturated carbocycles. The molecule has 1 aromatic heterocycles. The first-order valence-electron chi connectivity index (χ1n) is 20.3. The SMILES string of the molecule is CC(C)n1nc(O[C@@H]2C[C@H]3C(=O)N[C@]4(C(=O)NS(=O)(=O)C5(C)CC5)CC4/C=C\CC[C@@H](C)C[C@@H](C)[C@H](NC(=O)OC(C)(C)C(C)(F)F)C(=O)N3C2)c2ccccc2c1=O. The summed E-state index contributed by atoms with van der Waals surface area (Å²) in [7, 11) is -4.07. The van der Waals surface area contributed by atoms with Crippen LogP contribution in [-0.2, 0) is 29.1 Å². The van der Waals surface area contributed by atoms with Gasteiger partial charge in [0.25, 0.3) is 17.4 Å². The lowest BCUT2D eigenvalue weighted by molar-refractivity contribution is -0.152. The van der Waals surface area contributed by atoms with E-state index in [0.717, 1.165) is 13.8 Å². The molecule has 324 valence electrons. The first-order valence-corrected chi connectivity index (χ1v) is 21.8. The van der Waals surface area contributed by atoms with Crippen LogP contribution in [-0.4, -0.2) is 93.5 Å². The van der Waals surface area contributed by atoms with Gasteiger partial charge >= 0.3 is 6.09 Å². The molecule has 1 saturated heterocycles. The summed E-state index contributed by atoms with van der Waals surface area (Å²) in [5.41, 5.74) is -4.21. The fraction of sp³-hybridized carbons (Fsp3) is 0.659. The summed E-state index contributed by atoms with van der Waals surface area (Å²) in [5.74, 6) is -6.83. The number of alkyl halides is 2. The van der Waals surface area contributed by atoms with Crippen LogP contribution in [0, 0.1) is 17.8 Å². The van der Waals surface area contributed by atoms with Crippen LogP contribution in [0.4, 0.5) is 13.6 Å². The van der Waals surface area contributed by atoms with Crippen molar-refractivity contribution in [3.05, 3.63) is 46.8 Å². The van der Waals surface area contributed by atoms with Crippen molar-refractivity contribution in [1.82, 2.24) is 30.0 Å². The minimum absolute atomic E-state index is 0.00205. The molecule has 7 atom stereocenters. The van der Waals surface area contributed by atoms with E-state index in [2.05, 4.69) is 20.5 Å². The number of carbonyl (C=O) groups excluding carboxylic acids is 4. The number of rotatable bonds is 9. The van der Waals surface area contributed by atoms with Crippen molar-refractivity contribution in [1.29, 1.82) is 0 Å². The molecule has 2 aliphatic heterocycles. The highest BCUT2D eigenvalue weighted by atomic mass is 32.2. The van der Waals surface area contributed by atoms with Crippen LogP contribution >= 0.6 is 0 Å². The number of alkyl carbamates (subject to hydrolysis) is 1. The Balaban J connectivity index is 1.38. The van der Waals surface area contributed by atoms with Crippen LogP contribution in [0.5, 0.6) is 5.88 Å². The number of benzene rings is 1. The first kappa shape index (κ1) is 44.0. The van der Waals surface area contributed by atoms with E-state index < -0.39 is 85.7 Å². The van der Waals surface area contributed by atoms with Crippen LogP contribution in [0.25, 0.3) is 10.8 Å². The summed E-state index contributed by atoms with van der Waals surface area (Å²) in [5, 5.41) is 10.6. The van der Waals surface area contributed by atoms with E-state index in [4.69, 9.17) is 9.47 Å². The van der Waals surface area contributed by atoms with Crippen molar-refractivity contribution in [2.24, 2.45) is 17.8 Å². The zero-order valence-electron chi connectivity index (χ0n) is 34.8. The highest BCUT2D eigenvalue weighted by molar-refractivity contribution is 7.91. The molecular weight excluding hydrogens is 791 g/mol. The van der Waals surface area contributed by atoms with Crippen molar-refractivity contribution in [3.8, 4) is 5.88 Å². The monoisotopic (exact) mass is 846 g/mol. The number of nitrogens with one attached hydrogen (secondary N) is 3. The van der Waals surface area contributed by atoms with Gasteiger partial charge in [-0.15, -0.1) is 5.10 Å². The van der Waals surface area contributed by atoms with Gasteiger partial charge < -0.3 is 25.0 Å². The van der Waals surface area contributed by atoms with Crippen LogP contribution in [0.2, 0.25) is 0 Å². The highest BCUT2D eigenvalue weighted by Crippen LogP contribution is 2.47. The number of hydrogen-bond acceptors (Lipinski definition) is 10. The standard InChI is InChI=1S/C41H56F2N6O9S/c1-23(2)49-34(51)29-16-12-11-15-28(29)33(46-49)57-27-20-30-32(50)45-41(36(53)47-59(55,56)39(7)17-18-39)21-26(41)14-10-9-13-24(3)19-25(4)31(35(52)48(30)22-27)44-37(54)58-38(5,6)40(8,42)43/h10-12,14-16,23-27,30-31H,9,13,17-22H2,1-8H3,(H,44,54)(H,45,50)(H,47,53)/b14-10-/t24-,25-,26?,27-,30+,31+,41-/m1/s1. The lowest BCUT2D eigenvalue weighted by Gasteiger charge is -2.35. The van der Waals surface area contributed by atoms with Crippen LogP contribution in [0.1, 0.15) is 106 Å². The molecule has 1 aromatic carbocycles. The van der Waals surface area contributed by atoms with Gasteiger partial charge in [-0.3, -0.25) is 23.9 Å². The number of aromatic nitrogens is 2. The molecule has 0 bridgehead atoms. The first-order chi connectivity index (χ1) is 27.4. The zero-order valence-corrected chi connectivity index (χ0v) is 35.7. The number of hydrogen-bond donors (Lipinski definition) is 3. The number of nitrogens with zero attached hydrogens (tertiary/aromatic N) is 3. The molecule has 4 aliphatic rings. The minimum atomic E-state index is -4.07. The molecule has 3 N–H and O–H groups in total. The largest absolute Gasteiger partial charge is 0.471 e. The van der Waals surface area contributed by atoms with Gasteiger partial charge in [0.05, 0.1) is 28.1 Å². The Morgan fingerprint density at radius 3 is 2.34 bits per heavy atom. The summed E-state index contributed by atoms with van der Waals surface area (Å²) in [6.07, 6.45) is 3.92. The Bertz CT molecular complexity index is 2200. The molecular formula is C41H56F2N6O9S.